The average Bonchev–Trinajstić information content (AvgIpc) is 2.78. The first-order valence-electron chi connectivity index (χ1n) is 10.9. The van der Waals surface area contributed by atoms with Crippen molar-refractivity contribution in [3.8, 4) is 0 Å². The lowest BCUT2D eigenvalue weighted by atomic mass is 9.80. The molecule has 2 aliphatic rings. The lowest BCUT2D eigenvalue weighted by molar-refractivity contribution is -0.174. The molecule has 0 spiro atoms. The molecule has 0 aliphatic carbocycles. The topological polar surface area (TPSA) is 70.1 Å². The fraction of sp³-hybridized carbons (Fsp3) is 0.440. The number of ether oxygens (including phenoxy) is 1. The molecule has 0 saturated carbocycles. The number of amides is 1. The van der Waals surface area contributed by atoms with E-state index in [1.807, 2.05) is 29.2 Å². The van der Waals surface area contributed by atoms with Gasteiger partial charge in [-0.3, -0.25) is 9.69 Å². The predicted molar refractivity (Wildman–Crippen MR) is 118 cm³/mol. The Balaban J connectivity index is 1.34. The van der Waals surface area contributed by atoms with E-state index >= 15 is 0 Å². The van der Waals surface area contributed by atoms with Gasteiger partial charge in [0.15, 0.2) is 0 Å². The molecule has 2 aromatic carbocycles. The zero-order chi connectivity index (χ0) is 21.8. The molecule has 4 rings (SSSR count). The molecule has 6 nitrogen and oxygen atoms in total. The summed E-state index contributed by atoms with van der Waals surface area (Å²) < 4.78 is 6.11. The normalized spacial score (nSPS) is 23.1. The minimum atomic E-state index is -0.891. The zero-order valence-corrected chi connectivity index (χ0v) is 18.0. The maximum absolute atomic E-state index is 12.5. The van der Waals surface area contributed by atoms with Crippen LogP contribution in [0.5, 0.6) is 0 Å². The van der Waals surface area contributed by atoms with Crippen LogP contribution in [-0.4, -0.2) is 58.6 Å². The Kier molecular flexibility index (Phi) is 6.39. The van der Waals surface area contributed by atoms with Gasteiger partial charge in [0.1, 0.15) is 6.61 Å². The molecule has 2 heterocycles. The van der Waals surface area contributed by atoms with E-state index in [9.17, 15) is 14.7 Å². The van der Waals surface area contributed by atoms with Crippen LogP contribution in [0.1, 0.15) is 41.3 Å². The molecule has 0 radical (unpaired) electrons. The zero-order valence-electron chi connectivity index (χ0n) is 18.0. The van der Waals surface area contributed by atoms with Gasteiger partial charge >= 0.3 is 5.97 Å². The number of benzene rings is 2. The lowest BCUT2D eigenvalue weighted by Gasteiger charge is -2.47. The van der Waals surface area contributed by atoms with Crippen LogP contribution in [0.3, 0.4) is 0 Å². The van der Waals surface area contributed by atoms with Crippen molar-refractivity contribution >= 4 is 11.9 Å². The number of carbonyl (C=O) groups is 2. The van der Waals surface area contributed by atoms with Crippen molar-refractivity contribution in [3.63, 3.8) is 0 Å². The standard InChI is InChI=1S/C25H30N2O4/c1-25(18-27(23(28)17-31-25)16-19-6-3-2-4-7-19)22-10-12-26(13-11-22)15-20-8-5-9-21(14-20)24(29)30/h2-9,14,22H,10-13,15-18H2,1H3,(H,29,30). The lowest BCUT2D eigenvalue weighted by Crippen LogP contribution is -2.57. The quantitative estimate of drug-likeness (QED) is 0.773. The van der Waals surface area contributed by atoms with E-state index in [4.69, 9.17) is 4.74 Å². The molecule has 1 amide bonds. The molecule has 31 heavy (non-hydrogen) atoms. The molecule has 6 heteroatoms. The molecule has 1 unspecified atom stereocenters. The van der Waals surface area contributed by atoms with Gasteiger partial charge in [0, 0.05) is 13.1 Å². The maximum Gasteiger partial charge on any atom is 0.335 e. The molecule has 2 saturated heterocycles. The Hall–Kier alpha value is -2.70. The molecular formula is C25H30N2O4. The van der Waals surface area contributed by atoms with Gasteiger partial charge in [-0.05, 0) is 62.0 Å². The van der Waals surface area contributed by atoms with Gasteiger partial charge in [0.25, 0.3) is 0 Å². The van der Waals surface area contributed by atoms with E-state index in [2.05, 4.69) is 24.0 Å². The largest absolute Gasteiger partial charge is 0.478 e. The van der Waals surface area contributed by atoms with Gasteiger partial charge < -0.3 is 14.7 Å². The molecule has 2 fully saturated rings. The summed E-state index contributed by atoms with van der Waals surface area (Å²) in [5.74, 6) is -0.449. The van der Waals surface area contributed by atoms with Crippen LogP contribution in [0.2, 0.25) is 0 Å². The number of carboxylic acid groups (broad SMARTS) is 1. The molecule has 2 aliphatic heterocycles. The smallest absolute Gasteiger partial charge is 0.335 e. The monoisotopic (exact) mass is 422 g/mol. The number of nitrogens with zero attached hydrogens (tertiary/aromatic N) is 2. The van der Waals surface area contributed by atoms with E-state index in [1.165, 1.54) is 0 Å². The van der Waals surface area contributed by atoms with Crippen LogP contribution in [0, 0.1) is 5.92 Å². The second-order valence-electron chi connectivity index (χ2n) is 8.89. The summed E-state index contributed by atoms with van der Waals surface area (Å²) >= 11 is 0. The highest BCUT2D eigenvalue weighted by atomic mass is 16.5. The van der Waals surface area contributed by atoms with E-state index in [-0.39, 0.29) is 18.1 Å². The van der Waals surface area contributed by atoms with E-state index in [0.717, 1.165) is 43.6 Å². The SMILES string of the molecule is CC1(C2CCN(Cc3cccc(C(=O)O)c3)CC2)CN(Cc2ccccc2)C(=O)CO1. The Labute approximate surface area is 183 Å². The van der Waals surface area contributed by atoms with Crippen LogP contribution in [0.25, 0.3) is 0 Å². The molecular weight excluding hydrogens is 392 g/mol. The van der Waals surface area contributed by atoms with Gasteiger partial charge in [0.05, 0.1) is 17.7 Å². The van der Waals surface area contributed by atoms with Crippen molar-refractivity contribution in [1.29, 1.82) is 0 Å². The summed E-state index contributed by atoms with van der Waals surface area (Å²) in [6.07, 6.45) is 2.00. The van der Waals surface area contributed by atoms with E-state index < -0.39 is 5.97 Å². The average molecular weight is 423 g/mol. The Morgan fingerprint density at radius 2 is 1.77 bits per heavy atom. The number of rotatable bonds is 6. The maximum atomic E-state index is 12.5. The van der Waals surface area contributed by atoms with Crippen molar-refractivity contribution in [2.45, 2.75) is 38.5 Å². The molecule has 2 aromatic rings. The van der Waals surface area contributed by atoms with Gasteiger partial charge in [-0.25, -0.2) is 4.79 Å². The van der Waals surface area contributed by atoms with Gasteiger partial charge in [-0.2, -0.15) is 0 Å². The summed E-state index contributed by atoms with van der Waals surface area (Å²) in [6, 6.07) is 17.3. The highest BCUT2D eigenvalue weighted by Gasteiger charge is 2.43. The van der Waals surface area contributed by atoms with Crippen molar-refractivity contribution in [1.82, 2.24) is 9.80 Å². The third-order valence-corrected chi connectivity index (χ3v) is 6.63. The van der Waals surface area contributed by atoms with E-state index in [1.54, 1.807) is 18.2 Å². The second kappa shape index (κ2) is 9.20. The van der Waals surface area contributed by atoms with Crippen molar-refractivity contribution in [2.75, 3.05) is 26.2 Å². The molecule has 0 bridgehead atoms. The first-order chi connectivity index (χ1) is 14.9. The fourth-order valence-electron chi connectivity index (χ4n) is 4.79. The Morgan fingerprint density at radius 3 is 2.48 bits per heavy atom. The third kappa shape index (κ3) is 5.14. The number of likely N-dealkylation sites (tertiary alicyclic amines) is 1. The van der Waals surface area contributed by atoms with Crippen LogP contribution < -0.4 is 0 Å². The van der Waals surface area contributed by atoms with Crippen molar-refractivity contribution in [3.05, 3.63) is 71.3 Å². The van der Waals surface area contributed by atoms with Crippen molar-refractivity contribution in [2.24, 2.45) is 5.92 Å². The van der Waals surface area contributed by atoms with Crippen LogP contribution >= 0.6 is 0 Å². The molecule has 1 atom stereocenters. The van der Waals surface area contributed by atoms with Crippen LogP contribution in [0.4, 0.5) is 0 Å². The molecule has 1 N–H and O–H groups in total. The number of hydrogen-bond acceptors (Lipinski definition) is 4. The van der Waals surface area contributed by atoms with E-state index in [0.29, 0.717) is 24.6 Å². The summed E-state index contributed by atoms with van der Waals surface area (Å²) in [7, 11) is 0. The first kappa shape index (κ1) is 21.5. The summed E-state index contributed by atoms with van der Waals surface area (Å²) in [5.41, 5.74) is 2.16. The highest BCUT2D eigenvalue weighted by Crippen LogP contribution is 2.35. The number of aromatic carboxylic acids is 1. The summed E-state index contributed by atoms with van der Waals surface area (Å²) in [5, 5.41) is 9.20. The van der Waals surface area contributed by atoms with Gasteiger partial charge in [-0.1, -0.05) is 42.5 Å². The number of hydrogen-bond donors (Lipinski definition) is 1. The highest BCUT2D eigenvalue weighted by molar-refractivity contribution is 5.87. The number of piperidine rings is 1. The number of morpholine rings is 1. The van der Waals surface area contributed by atoms with Crippen molar-refractivity contribution < 1.29 is 19.4 Å². The third-order valence-electron chi connectivity index (χ3n) is 6.63. The van der Waals surface area contributed by atoms with Gasteiger partial charge in [-0.15, -0.1) is 0 Å². The molecule has 164 valence electrons. The first-order valence-corrected chi connectivity index (χ1v) is 10.9. The summed E-state index contributed by atoms with van der Waals surface area (Å²) in [6.45, 7) is 6.16. The van der Waals surface area contributed by atoms with Crippen LogP contribution in [-0.2, 0) is 22.6 Å². The van der Waals surface area contributed by atoms with Crippen LogP contribution in [0.15, 0.2) is 54.6 Å². The minimum Gasteiger partial charge on any atom is -0.478 e. The van der Waals surface area contributed by atoms with Gasteiger partial charge in [0.2, 0.25) is 5.91 Å². The molecule has 0 aromatic heterocycles. The second-order valence-corrected chi connectivity index (χ2v) is 8.89. The summed E-state index contributed by atoms with van der Waals surface area (Å²) in [4.78, 5) is 28.0. The Morgan fingerprint density at radius 1 is 1.06 bits per heavy atom. The number of carbonyl (C=O) groups excluding carboxylic acids is 1. The fourth-order valence-corrected chi connectivity index (χ4v) is 4.79. The Bertz CT molecular complexity index is 924. The minimum absolute atomic E-state index is 0.0528. The number of carboxylic acids is 1. The predicted octanol–water partition coefficient (Wildman–Crippen LogP) is 3.41.